The highest BCUT2D eigenvalue weighted by atomic mass is 35.5. The molecule has 1 aliphatic heterocycles. The Morgan fingerprint density at radius 3 is 2.54 bits per heavy atom. The Bertz CT molecular complexity index is 864. The summed E-state index contributed by atoms with van der Waals surface area (Å²) < 4.78 is 25.8. The van der Waals surface area contributed by atoms with Crippen molar-refractivity contribution in [3.63, 3.8) is 0 Å². The average Bonchev–Trinajstić information content (AvgIpc) is 2.90. The summed E-state index contributed by atoms with van der Waals surface area (Å²) in [7, 11) is -3.38. The number of nitrogens with zero attached hydrogens (tertiary/aromatic N) is 1. The summed E-state index contributed by atoms with van der Waals surface area (Å²) in [5.41, 5.74) is 0.604. The van der Waals surface area contributed by atoms with Gasteiger partial charge in [0.15, 0.2) is 9.84 Å². The number of carbonyl (C=O) groups is 1. The van der Waals surface area contributed by atoms with Crippen LogP contribution in [0.25, 0.3) is 0 Å². The first-order valence-corrected chi connectivity index (χ1v) is 10.7. The summed E-state index contributed by atoms with van der Waals surface area (Å²) in [6.07, 6.45) is 0.330. The molecule has 0 bridgehead atoms. The number of hydrogen-bond acceptors (Lipinski definition) is 4. The fraction of sp³-hybridized carbons (Fsp3) is 0.312. The van der Waals surface area contributed by atoms with Crippen molar-refractivity contribution in [2.75, 3.05) is 18.8 Å². The first kappa shape index (κ1) is 17.7. The highest BCUT2D eigenvalue weighted by molar-refractivity contribution is 7.91. The van der Waals surface area contributed by atoms with Crippen LogP contribution >= 0.6 is 34.5 Å². The second-order valence-corrected chi connectivity index (χ2v) is 9.99. The standard InChI is InChI=1S/C16H15Cl2NO3S2/c17-12-4-2-1-3-11(12)14-7-8-19(9-10-24(14,21)22)16(20)13-5-6-15(18)23-13/h1-6,14H,7-10H2. The first-order valence-electron chi connectivity index (χ1n) is 7.39. The Hall–Kier alpha value is -1.08. The molecule has 1 fully saturated rings. The number of sulfone groups is 1. The second kappa shape index (κ2) is 7.04. The van der Waals surface area contributed by atoms with E-state index in [0.29, 0.717) is 32.8 Å². The SMILES string of the molecule is O=C(c1ccc(Cl)s1)N1CCC(c2ccccc2Cl)S(=O)(=O)CC1. The number of thiophene rings is 1. The second-order valence-electron chi connectivity index (χ2n) is 5.56. The normalized spacial score (nSPS) is 20.6. The Balaban J connectivity index is 1.85. The smallest absolute Gasteiger partial charge is 0.264 e. The zero-order valence-corrected chi connectivity index (χ0v) is 15.8. The Labute approximate surface area is 154 Å². The largest absolute Gasteiger partial charge is 0.337 e. The van der Waals surface area contributed by atoms with Crippen molar-refractivity contribution < 1.29 is 13.2 Å². The molecule has 1 atom stereocenters. The number of amides is 1. The monoisotopic (exact) mass is 403 g/mol. The van der Waals surface area contributed by atoms with E-state index in [2.05, 4.69) is 0 Å². The van der Waals surface area contributed by atoms with Crippen LogP contribution in [0.5, 0.6) is 0 Å². The van der Waals surface area contributed by atoms with E-state index in [-0.39, 0.29) is 18.2 Å². The number of benzene rings is 1. The lowest BCUT2D eigenvalue weighted by atomic mass is 10.1. The zero-order chi connectivity index (χ0) is 17.3. The van der Waals surface area contributed by atoms with Gasteiger partial charge in [-0.1, -0.05) is 41.4 Å². The van der Waals surface area contributed by atoms with E-state index in [0.717, 1.165) is 0 Å². The summed E-state index contributed by atoms with van der Waals surface area (Å²) >= 11 is 13.3. The number of hydrogen-bond donors (Lipinski definition) is 0. The van der Waals surface area contributed by atoms with Crippen LogP contribution in [0.3, 0.4) is 0 Å². The lowest BCUT2D eigenvalue weighted by Gasteiger charge is -2.19. The van der Waals surface area contributed by atoms with Crippen LogP contribution in [0.1, 0.15) is 26.9 Å². The Kier molecular flexibility index (Phi) is 5.20. The maximum atomic E-state index is 12.6. The maximum absolute atomic E-state index is 12.6. The molecule has 8 heteroatoms. The van der Waals surface area contributed by atoms with Gasteiger partial charge in [0.25, 0.3) is 5.91 Å². The van der Waals surface area contributed by atoms with Crippen molar-refractivity contribution in [1.29, 1.82) is 0 Å². The van der Waals surface area contributed by atoms with Crippen LogP contribution in [-0.4, -0.2) is 38.1 Å². The van der Waals surface area contributed by atoms with Crippen molar-refractivity contribution in [3.8, 4) is 0 Å². The Morgan fingerprint density at radius 2 is 1.88 bits per heavy atom. The molecule has 1 aromatic carbocycles. The summed E-state index contributed by atoms with van der Waals surface area (Å²) in [4.78, 5) is 14.6. The molecular weight excluding hydrogens is 389 g/mol. The van der Waals surface area contributed by atoms with Crippen LogP contribution in [0.2, 0.25) is 9.36 Å². The van der Waals surface area contributed by atoms with E-state index in [1.807, 2.05) is 0 Å². The van der Waals surface area contributed by atoms with Gasteiger partial charge in [-0.2, -0.15) is 0 Å². The zero-order valence-electron chi connectivity index (χ0n) is 12.6. The molecule has 1 unspecified atom stereocenters. The van der Waals surface area contributed by atoms with Crippen LogP contribution in [0.4, 0.5) is 0 Å². The fourth-order valence-corrected chi connectivity index (χ4v) is 5.98. The molecule has 0 radical (unpaired) electrons. The molecule has 0 saturated carbocycles. The predicted octanol–water partition coefficient (Wildman–Crippen LogP) is 4.06. The van der Waals surface area contributed by atoms with Gasteiger partial charge < -0.3 is 4.90 Å². The van der Waals surface area contributed by atoms with E-state index >= 15 is 0 Å². The third-order valence-electron chi connectivity index (χ3n) is 4.06. The molecule has 128 valence electrons. The van der Waals surface area contributed by atoms with Crippen molar-refractivity contribution in [1.82, 2.24) is 4.90 Å². The molecule has 4 nitrogen and oxygen atoms in total. The number of halogens is 2. The van der Waals surface area contributed by atoms with Crippen LogP contribution in [0.15, 0.2) is 36.4 Å². The minimum atomic E-state index is -3.38. The summed E-state index contributed by atoms with van der Waals surface area (Å²) in [6.45, 7) is 0.543. The predicted molar refractivity (Wildman–Crippen MR) is 97.8 cm³/mol. The molecule has 0 aliphatic carbocycles. The van der Waals surface area contributed by atoms with E-state index in [1.54, 1.807) is 41.3 Å². The van der Waals surface area contributed by atoms with Gasteiger partial charge in [0, 0.05) is 18.1 Å². The fourth-order valence-electron chi connectivity index (χ4n) is 2.82. The van der Waals surface area contributed by atoms with Gasteiger partial charge in [0.2, 0.25) is 0 Å². The van der Waals surface area contributed by atoms with E-state index in [9.17, 15) is 13.2 Å². The Morgan fingerprint density at radius 1 is 1.12 bits per heavy atom. The van der Waals surface area contributed by atoms with Gasteiger partial charge in [-0.15, -0.1) is 11.3 Å². The van der Waals surface area contributed by atoms with Crippen LogP contribution < -0.4 is 0 Å². The topological polar surface area (TPSA) is 54.5 Å². The molecule has 0 spiro atoms. The maximum Gasteiger partial charge on any atom is 0.264 e. The average molecular weight is 404 g/mol. The van der Waals surface area contributed by atoms with Gasteiger partial charge in [-0.25, -0.2) is 8.42 Å². The van der Waals surface area contributed by atoms with Gasteiger partial charge in [-0.05, 0) is 30.2 Å². The molecule has 2 aromatic rings. The third-order valence-corrected chi connectivity index (χ3v) is 7.74. The minimum Gasteiger partial charge on any atom is -0.337 e. The molecule has 1 saturated heterocycles. The van der Waals surface area contributed by atoms with E-state index < -0.39 is 15.1 Å². The summed E-state index contributed by atoms with van der Waals surface area (Å²) in [5, 5.41) is -0.244. The van der Waals surface area contributed by atoms with Gasteiger partial charge in [0.05, 0.1) is 20.2 Å². The molecule has 1 aromatic heterocycles. The summed E-state index contributed by atoms with van der Waals surface area (Å²) in [6, 6.07) is 10.3. The molecule has 1 aliphatic rings. The lowest BCUT2D eigenvalue weighted by Crippen LogP contribution is -2.33. The minimum absolute atomic E-state index is 0.0757. The molecule has 2 heterocycles. The molecule has 3 rings (SSSR count). The number of rotatable bonds is 2. The molecule has 1 amide bonds. The first-order chi connectivity index (χ1) is 11.4. The van der Waals surface area contributed by atoms with Gasteiger partial charge in [-0.3, -0.25) is 4.79 Å². The third kappa shape index (κ3) is 3.61. The summed E-state index contributed by atoms with van der Waals surface area (Å²) in [5.74, 6) is -0.254. The highest BCUT2D eigenvalue weighted by Crippen LogP contribution is 2.34. The van der Waals surface area contributed by atoms with Crippen LogP contribution in [0, 0.1) is 0 Å². The number of carbonyl (C=O) groups excluding carboxylic acids is 1. The van der Waals surface area contributed by atoms with Gasteiger partial charge >= 0.3 is 0 Å². The van der Waals surface area contributed by atoms with Crippen molar-refractivity contribution in [3.05, 3.63) is 56.2 Å². The molecule has 0 N–H and O–H groups in total. The highest BCUT2D eigenvalue weighted by Gasteiger charge is 2.34. The van der Waals surface area contributed by atoms with E-state index in [1.165, 1.54) is 11.3 Å². The van der Waals surface area contributed by atoms with Crippen molar-refractivity contribution >= 4 is 50.3 Å². The quantitative estimate of drug-likeness (QED) is 0.759. The molecular formula is C16H15Cl2NO3S2. The van der Waals surface area contributed by atoms with Crippen molar-refractivity contribution in [2.45, 2.75) is 11.7 Å². The van der Waals surface area contributed by atoms with Gasteiger partial charge in [0.1, 0.15) is 0 Å². The van der Waals surface area contributed by atoms with Crippen molar-refractivity contribution in [2.24, 2.45) is 0 Å². The van der Waals surface area contributed by atoms with E-state index in [4.69, 9.17) is 23.2 Å². The molecule has 24 heavy (non-hydrogen) atoms. The lowest BCUT2D eigenvalue weighted by molar-refractivity contribution is 0.0771. The van der Waals surface area contributed by atoms with Crippen LogP contribution in [-0.2, 0) is 9.84 Å².